The number of benzene rings is 1. The molecule has 1 aromatic carbocycles. The van der Waals surface area contributed by atoms with E-state index >= 15 is 0 Å². The number of ether oxygens (including phenoxy) is 1. The summed E-state index contributed by atoms with van der Waals surface area (Å²) in [5, 5.41) is 2.83. The lowest BCUT2D eigenvalue weighted by molar-refractivity contribution is -0.117. The van der Waals surface area contributed by atoms with Crippen LogP contribution in [-0.2, 0) is 4.79 Å². The molecule has 1 aliphatic heterocycles. The van der Waals surface area contributed by atoms with E-state index in [1.165, 1.54) is 6.39 Å². The Morgan fingerprint density at radius 2 is 2.30 bits per heavy atom. The molecule has 0 bridgehead atoms. The number of anilines is 1. The second-order valence-electron chi connectivity index (χ2n) is 5.34. The molecule has 1 N–H and O–H groups in total. The first kappa shape index (κ1) is 15.1. The first-order valence-electron chi connectivity index (χ1n) is 7.24. The van der Waals surface area contributed by atoms with Crippen LogP contribution in [0.3, 0.4) is 0 Å². The van der Waals surface area contributed by atoms with E-state index in [0.29, 0.717) is 18.1 Å². The maximum absolute atomic E-state index is 12.2. The van der Waals surface area contributed by atoms with Gasteiger partial charge in [0.25, 0.3) is 5.91 Å². The minimum absolute atomic E-state index is 0.0413. The average Bonchev–Trinajstić information content (AvgIpc) is 3.13. The number of methoxy groups -OCH3 is 1. The molecule has 1 fully saturated rings. The monoisotopic (exact) mass is 315 g/mol. The summed E-state index contributed by atoms with van der Waals surface area (Å²) in [6.07, 6.45) is 1.48. The van der Waals surface area contributed by atoms with Gasteiger partial charge >= 0.3 is 0 Å². The van der Waals surface area contributed by atoms with Gasteiger partial charge < -0.3 is 19.4 Å². The number of hydrogen-bond acceptors (Lipinski definition) is 5. The van der Waals surface area contributed by atoms with Gasteiger partial charge in [0, 0.05) is 24.7 Å². The van der Waals surface area contributed by atoms with E-state index in [4.69, 9.17) is 9.15 Å². The predicted molar refractivity (Wildman–Crippen MR) is 82.5 cm³/mol. The van der Waals surface area contributed by atoms with Crippen molar-refractivity contribution < 1.29 is 18.7 Å². The molecule has 0 radical (unpaired) electrons. The van der Waals surface area contributed by atoms with Crippen molar-refractivity contribution in [3.63, 3.8) is 0 Å². The van der Waals surface area contributed by atoms with Crippen LogP contribution in [-0.4, -0.2) is 36.5 Å². The van der Waals surface area contributed by atoms with Gasteiger partial charge in [-0.15, -0.1) is 0 Å². The lowest BCUT2D eigenvalue weighted by atomic mass is 10.2. The smallest absolute Gasteiger partial charge is 0.273 e. The molecular formula is C16H17N3O4. The fourth-order valence-electron chi connectivity index (χ4n) is 2.61. The van der Waals surface area contributed by atoms with Gasteiger partial charge in [-0.3, -0.25) is 9.59 Å². The molecule has 2 heterocycles. The second-order valence-corrected chi connectivity index (χ2v) is 5.34. The molecule has 0 aliphatic carbocycles. The average molecular weight is 315 g/mol. The summed E-state index contributed by atoms with van der Waals surface area (Å²) < 4.78 is 10.2. The predicted octanol–water partition coefficient (Wildman–Crippen LogP) is 1.53. The summed E-state index contributed by atoms with van der Waals surface area (Å²) in [6.45, 7) is 2.08. The molecule has 7 heteroatoms. The Labute approximate surface area is 133 Å². The van der Waals surface area contributed by atoms with Crippen molar-refractivity contribution in [3.8, 4) is 5.75 Å². The highest BCUT2D eigenvalue weighted by atomic mass is 16.5. The van der Waals surface area contributed by atoms with Crippen molar-refractivity contribution in [1.82, 2.24) is 10.3 Å². The first-order chi connectivity index (χ1) is 11.1. The third-order valence-corrected chi connectivity index (χ3v) is 3.79. The molecule has 1 aliphatic rings. The standard InChI is InChI=1S/C16H17N3O4/c1-10-15(17-9-23-10)16(21)18-11-6-14(20)19(8-11)12-4-3-5-13(7-12)22-2/h3-5,7,9,11H,6,8H2,1-2H3,(H,18,21)/t11-/m1/s1. The summed E-state index contributed by atoms with van der Waals surface area (Å²) in [5.41, 5.74) is 1.00. The van der Waals surface area contributed by atoms with Crippen molar-refractivity contribution >= 4 is 17.5 Å². The zero-order valence-corrected chi connectivity index (χ0v) is 12.9. The SMILES string of the molecule is COc1cccc(N2C[C@H](NC(=O)c3ncoc3C)CC2=O)c1. The Hall–Kier alpha value is -2.83. The highest BCUT2D eigenvalue weighted by Crippen LogP contribution is 2.25. The largest absolute Gasteiger partial charge is 0.497 e. The Morgan fingerprint density at radius 3 is 3.00 bits per heavy atom. The van der Waals surface area contributed by atoms with E-state index in [0.717, 1.165) is 5.69 Å². The third-order valence-electron chi connectivity index (χ3n) is 3.79. The number of carbonyl (C=O) groups is 2. The fraction of sp³-hybridized carbons (Fsp3) is 0.312. The molecule has 0 unspecified atom stereocenters. The highest BCUT2D eigenvalue weighted by Gasteiger charge is 2.32. The van der Waals surface area contributed by atoms with Gasteiger partial charge in [-0.2, -0.15) is 0 Å². The molecule has 120 valence electrons. The molecule has 1 atom stereocenters. The van der Waals surface area contributed by atoms with Crippen molar-refractivity contribution in [2.24, 2.45) is 0 Å². The zero-order valence-electron chi connectivity index (χ0n) is 12.9. The summed E-state index contributed by atoms with van der Waals surface area (Å²) in [7, 11) is 1.58. The van der Waals surface area contributed by atoms with Crippen LogP contribution in [0.15, 0.2) is 35.1 Å². The van der Waals surface area contributed by atoms with Crippen molar-refractivity contribution in [3.05, 3.63) is 42.1 Å². The van der Waals surface area contributed by atoms with Gasteiger partial charge in [-0.05, 0) is 19.1 Å². The number of carbonyl (C=O) groups excluding carboxylic acids is 2. The van der Waals surface area contributed by atoms with Crippen molar-refractivity contribution in [1.29, 1.82) is 0 Å². The number of rotatable bonds is 4. The van der Waals surface area contributed by atoms with Crippen LogP contribution in [0.4, 0.5) is 5.69 Å². The van der Waals surface area contributed by atoms with E-state index in [1.54, 1.807) is 25.0 Å². The Kier molecular flexibility index (Phi) is 4.01. The molecule has 7 nitrogen and oxygen atoms in total. The Balaban J connectivity index is 1.70. The normalized spacial score (nSPS) is 17.4. The van der Waals surface area contributed by atoms with Crippen LogP contribution in [0.5, 0.6) is 5.75 Å². The van der Waals surface area contributed by atoms with Gasteiger partial charge in [-0.25, -0.2) is 4.98 Å². The molecule has 3 rings (SSSR count). The van der Waals surface area contributed by atoms with Crippen molar-refractivity contribution in [2.75, 3.05) is 18.6 Å². The van der Waals surface area contributed by atoms with Crippen LogP contribution >= 0.6 is 0 Å². The number of aryl methyl sites for hydroxylation is 1. The van der Waals surface area contributed by atoms with Gasteiger partial charge in [0.2, 0.25) is 5.91 Å². The number of nitrogens with one attached hydrogen (secondary N) is 1. The van der Waals surface area contributed by atoms with Crippen LogP contribution in [0.2, 0.25) is 0 Å². The second kappa shape index (κ2) is 6.12. The van der Waals surface area contributed by atoms with E-state index in [1.807, 2.05) is 18.2 Å². The van der Waals surface area contributed by atoms with Gasteiger partial charge in [0.1, 0.15) is 11.5 Å². The van der Waals surface area contributed by atoms with Crippen LogP contribution in [0, 0.1) is 6.92 Å². The zero-order chi connectivity index (χ0) is 16.4. The first-order valence-corrected chi connectivity index (χ1v) is 7.24. The van der Waals surface area contributed by atoms with Gasteiger partial charge in [-0.1, -0.05) is 6.07 Å². The van der Waals surface area contributed by atoms with Crippen LogP contribution < -0.4 is 15.0 Å². The maximum atomic E-state index is 12.2. The number of aromatic nitrogens is 1. The van der Waals surface area contributed by atoms with Crippen LogP contribution in [0.1, 0.15) is 22.7 Å². The number of amides is 2. The summed E-state index contributed by atoms with van der Waals surface area (Å²) in [6, 6.07) is 7.01. The molecule has 0 saturated carbocycles. The van der Waals surface area contributed by atoms with Crippen molar-refractivity contribution in [2.45, 2.75) is 19.4 Å². The minimum atomic E-state index is -0.332. The van der Waals surface area contributed by atoms with E-state index in [9.17, 15) is 9.59 Å². The number of hydrogen-bond donors (Lipinski definition) is 1. The Morgan fingerprint density at radius 1 is 1.48 bits per heavy atom. The molecule has 1 saturated heterocycles. The molecule has 2 amide bonds. The number of nitrogens with zero attached hydrogens (tertiary/aromatic N) is 2. The minimum Gasteiger partial charge on any atom is -0.497 e. The van der Waals surface area contributed by atoms with Gasteiger partial charge in [0.05, 0.1) is 13.2 Å². The van der Waals surface area contributed by atoms with E-state index in [-0.39, 0.29) is 30.0 Å². The summed E-state index contributed by atoms with van der Waals surface area (Å²) in [5.74, 6) is 0.763. The lowest BCUT2D eigenvalue weighted by Crippen LogP contribution is -2.37. The van der Waals surface area contributed by atoms with E-state index in [2.05, 4.69) is 10.3 Å². The third kappa shape index (κ3) is 3.03. The molecule has 0 spiro atoms. The summed E-state index contributed by atoms with van der Waals surface area (Å²) >= 11 is 0. The quantitative estimate of drug-likeness (QED) is 0.925. The number of oxazole rings is 1. The highest BCUT2D eigenvalue weighted by molar-refractivity contribution is 5.98. The van der Waals surface area contributed by atoms with E-state index < -0.39 is 0 Å². The summed E-state index contributed by atoms with van der Waals surface area (Å²) in [4.78, 5) is 29.9. The molecule has 23 heavy (non-hydrogen) atoms. The molecule has 2 aromatic rings. The fourth-order valence-corrected chi connectivity index (χ4v) is 2.61. The molecular weight excluding hydrogens is 298 g/mol. The topological polar surface area (TPSA) is 84.7 Å². The Bertz CT molecular complexity index is 740. The molecule has 1 aromatic heterocycles. The maximum Gasteiger partial charge on any atom is 0.273 e. The lowest BCUT2D eigenvalue weighted by Gasteiger charge is -2.17. The van der Waals surface area contributed by atoms with Crippen LogP contribution in [0.25, 0.3) is 0 Å². The van der Waals surface area contributed by atoms with Gasteiger partial charge in [0.15, 0.2) is 12.1 Å².